The number of fused-ring (bicyclic) bond motifs is 3. The van der Waals surface area contributed by atoms with E-state index in [1.54, 1.807) is 17.0 Å². The van der Waals surface area contributed by atoms with Crippen LogP contribution in [0, 0.1) is 5.82 Å². The normalized spacial score (nSPS) is 14.2. The first-order chi connectivity index (χ1) is 16.7. The Bertz CT molecular complexity index is 1430. The summed E-state index contributed by atoms with van der Waals surface area (Å²) in [5.74, 6) is -1.93. The lowest BCUT2D eigenvalue weighted by molar-refractivity contribution is 0.0683. The molecule has 9 heteroatoms. The molecule has 2 aromatic carbocycles. The molecule has 3 heterocycles. The molecule has 35 heavy (non-hydrogen) atoms. The van der Waals surface area contributed by atoms with Gasteiger partial charge in [0.1, 0.15) is 12.4 Å². The number of halogens is 1. The Hall–Kier alpha value is -4.27. The van der Waals surface area contributed by atoms with Crippen LogP contribution >= 0.6 is 0 Å². The van der Waals surface area contributed by atoms with Gasteiger partial charge >= 0.3 is 12.1 Å². The molecule has 5 rings (SSSR count). The van der Waals surface area contributed by atoms with Gasteiger partial charge in [-0.1, -0.05) is 56.3 Å². The number of amides is 1. The van der Waals surface area contributed by atoms with Gasteiger partial charge in [-0.3, -0.25) is 4.90 Å². The molecule has 0 atom stereocenters. The van der Waals surface area contributed by atoms with Crippen molar-refractivity contribution in [3.63, 3.8) is 0 Å². The highest BCUT2D eigenvalue weighted by molar-refractivity contribution is 5.92. The molecule has 0 radical (unpaired) electrons. The van der Waals surface area contributed by atoms with Crippen molar-refractivity contribution in [1.29, 1.82) is 0 Å². The standard InChI is InChI=1S/C26H23FN4O4/c1-26(2)15-30(25(34)35-14-17-6-4-3-5-7-17)20-13-18(12-16-8-10-19(27)11-9-16)23-28-22(24(32)33)29-31(23)21(20)26/h3-11,13H,12,14-15H2,1-2H3,(H,32,33). The maximum absolute atomic E-state index is 13.4. The van der Waals surface area contributed by atoms with E-state index in [1.165, 1.54) is 16.6 Å². The fraction of sp³-hybridized carbons (Fsp3) is 0.231. The van der Waals surface area contributed by atoms with Crippen LogP contribution in [0.5, 0.6) is 0 Å². The summed E-state index contributed by atoms with van der Waals surface area (Å²) in [5, 5.41) is 13.8. The molecule has 0 bridgehead atoms. The van der Waals surface area contributed by atoms with Crippen molar-refractivity contribution in [2.45, 2.75) is 32.3 Å². The van der Waals surface area contributed by atoms with Gasteiger partial charge in [0.2, 0.25) is 0 Å². The van der Waals surface area contributed by atoms with E-state index >= 15 is 0 Å². The number of carbonyl (C=O) groups is 2. The lowest BCUT2D eigenvalue weighted by Crippen LogP contribution is -2.34. The molecule has 178 valence electrons. The zero-order chi connectivity index (χ0) is 24.7. The molecule has 1 aliphatic heterocycles. The zero-order valence-electron chi connectivity index (χ0n) is 19.2. The summed E-state index contributed by atoms with van der Waals surface area (Å²) in [6.07, 6.45) is -0.159. The molecule has 0 spiro atoms. The number of ether oxygens (including phenoxy) is 1. The SMILES string of the molecule is CC1(C)CN(C(=O)OCc2ccccc2)c2cc(Cc3ccc(F)cc3)c3nc(C(=O)O)nn3c21. The Kier molecular flexibility index (Phi) is 5.47. The molecule has 1 N–H and O–H groups in total. The van der Waals surface area contributed by atoms with Crippen molar-refractivity contribution < 1.29 is 23.8 Å². The minimum Gasteiger partial charge on any atom is -0.475 e. The maximum atomic E-state index is 13.4. The molecule has 0 fully saturated rings. The highest BCUT2D eigenvalue weighted by atomic mass is 19.1. The lowest BCUT2D eigenvalue weighted by Gasteiger charge is -2.20. The van der Waals surface area contributed by atoms with E-state index in [0.717, 1.165) is 11.1 Å². The first-order valence-corrected chi connectivity index (χ1v) is 11.1. The predicted octanol–water partition coefficient (Wildman–Crippen LogP) is 4.59. The third-order valence-electron chi connectivity index (χ3n) is 6.07. The molecular formula is C26H23FN4O4. The van der Waals surface area contributed by atoms with Crippen LogP contribution in [0.2, 0.25) is 0 Å². The number of carbonyl (C=O) groups excluding carboxylic acids is 1. The number of hydrogen-bond acceptors (Lipinski definition) is 5. The monoisotopic (exact) mass is 474 g/mol. The van der Waals surface area contributed by atoms with Crippen LogP contribution in [0.15, 0.2) is 60.7 Å². The molecule has 1 amide bonds. The van der Waals surface area contributed by atoms with Crippen LogP contribution in [-0.2, 0) is 23.2 Å². The molecule has 0 unspecified atom stereocenters. The average molecular weight is 474 g/mol. The lowest BCUT2D eigenvalue weighted by atomic mass is 9.90. The topological polar surface area (TPSA) is 97.0 Å². The van der Waals surface area contributed by atoms with Crippen LogP contribution in [0.3, 0.4) is 0 Å². The Morgan fingerprint density at radius 2 is 1.80 bits per heavy atom. The second-order valence-electron chi connectivity index (χ2n) is 9.19. The molecule has 1 aliphatic rings. The van der Waals surface area contributed by atoms with E-state index in [0.29, 0.717) is 35.6 Å². The largest absolute Gasteiger partial charge is 0.475 e. The third kappa shape index (κ3) is 4.21. The van der Waals surface area contributed by atoms with Crippen molar-refractivity contribution >= 4 is 23.4 Å². The van der Waals surface area contributed by atoms with Gasteiger partial charge in [0, 0.05) is 23.9 Å². The van der Waals surface area contributed by atoms with Gasteiger partial charge in [-0.25, -0.2) is 23.5 Å². The van der Waals surface area contributed by atoms with Gasteiger partial charge in [0.15, 0.2) is 5.65 Å². The molecular weight excluding hydrogens is 451 g/mol. The molecule has 0 saturated heterocycles. The molecule has 8 nitrogen and oxygen atoms in total. The van der Waals surface area contributed by atoms with Crippen molar-refractivity contribution in [2.24, 2.45) is 0 Å². The highest BCUT2D eigenvalue weighted by Crippen LogP contribution is 2.42. The smallest absolute Gasteiger partial charge is 0.414 e. The maximum Gasteiger partial charge on any atom is 0.414 e. The fourth-order valence-corrected chi connectivity index (χ4v) is 4.48. The number of carboxylic acids is 1. The number of nitrogens with zero attached hydrogens (tertiary/aromatic N) is 4. The van der Waals surface area contributed by atoms with Crippen molar-refractivity contribution in [2.75, 3.05) is 11.4 Å². The number of aromatic carboxylic acids is 1. The van der Waals surface area contributed by atoms with E-state index in [9.17, 15) is 19.1 Å². The van der Waals surface area contributed by atoms with Crippen LogP contribution in [0.4, 0.5) is 14.9 Å². The summed E-state index contributed by atoms with van der Waals surface area (Å²) in [5.41, 5.74) is 3.44. The predicted molar refractivity (Wildman–Crippen MR) is 126 cm³/mol. The Labute approximate surface area is 200 Å². The van der Waals surface area contributed by atoms with Crippen LogP contribution < -0.4 is 4.90 Å². The number of pyridine rings is 1. The Morgan fingerprint density at radius 1 is 1.09 bits per heavy atom. The van der Waals surface area contributed by atoms with Gasteiger partial charge in [-0.15, -0.1) is 5.10 Å². The van der Waals surface area contributed by atoms with Crippen molar-refractivity contribution in [1.82, 2.24) is 14.6 Å². The van der Waals surface area contributed by atoms with E-state index in [-0.39, 0.29) is 18.2 Å². The average Bonchev–Trinajstić information content (AvgIpc) is 3.39. The van der Waals surface area contributed by atoms with E-state index in [1.807, 2.05) is 50.2 Å². The minimum absolute atomic E-state index is 0.128. The first kappa shape index (κ1) is 22.5. The Balaban J connectivity index is 1.58. The van der Waals surface area contributed by atoms with Gasteiger partial charge < -0.3 is 9.84 Å². The molecule has 0 aliphatic carbocycles. The number of benzene rings is 2. The van der Waals surface area contributed by atoms with Crippen LogP contribution in [0.25, 0.3) is 5.65 Å². The van der Waals surface area contributed by atoms with Crippen LogP contribution in [-0.4, -0.2) is 38.3 Å². The quantitative estimate of drug-likeness (QED) is 0.454. The second-order valence-corrected chi connectivity index (χ2v) is 9.19. The molecule has 4 aromatic rings. The van der Waals surface area contributed by atoms with E-state index < -0.39 is 17.5 Å². The van der Waals surface area contributed by atoms with Crippen LogP contribution in [0.1, 0.15) is 46.9 Å². The first-order valence-electron chi connectivity index (χ1n) is 11.1. The molecule has 0 saturated carbocycles. The van der Waals surface area contributed by atoms with Crippen molar-refractivity contribution in [3.8, 4) is 0 Å². The number of hydrogen-bond donors (Lipinski definition) is 1. The zero-order valence-corrected chi connectivity index (χ0v) is 19.2. The summed E-state index contributed by atoms with van der Waals surface area (Å²) in [7, 11) is 0. The van der Waals surface area contributed by atoms with Gasteiger partial charge in [-0.2, -0.15) is 0 Å². The van der Waals surface area contributed by atoms with Crippen molar-refractivity contribution in [3.05, 3.63) is 94.7 Å². The summed E-state index contributed by atoms with van der Waals surface area (Å²) in [6.45, 7) is 4.37. The summed E-state index contributed by atoms with van der Waals surface area (Å²) < 4.78 is 20.5. The van der Waals surface area contributed by atoms with E-state index in [2.05, 4.69) is 10.1 Å². The summed E-state index contributed by atoms with van der Waals surface area (Å²) in [6, 6.07) is 17.3. The van der Waals surface area contributed by atoms with Gasteiger partial charge in [0.05, 0.1) is 11.4 Å². The number of rotatable bonds is 5. The van der Waals surface area contributed by atoms with Gasteiger partial charge in [-0.05, 0) is 29.3 Å². The number of carboxylic acid groups (broad SMARTS) is 1. The Morgan fingerprint density at radius 3 is 2.49 bits per heavy atom. The summed E-state index contributed by atoms with van der Waals surface area (Å²) in [4.78, 5) is 30.6. The van der Waals surface area contributed by atoms with E-state index in [4.69, 9.17) is 4.74 Å². The fourth-order valence-electron chi connectivity index (χ4n) is 4.48. The molecule has 2 aromatic heterocycles. The highest BCUT2D eigenvalue weighted by Gasteiger charge is 2.42. The third-order valence-corrected chi connectivity index (χ3v) is 6.07. The minimum atomic E-state index is -1.25. The number of aromatic nitrogens is 3. The number of anilines is 1. The summed E-state index contributed by atoms with van der Waals surface area (Å²) >= 11 is 0. The second kappa shape index (κ2) is 8.50. The van der Waals surface area contributed by atoms with Gasteiger partial charge in [0.25, 0.3) is 5.82 Å².